The molecule has 1 fully saturated rings. The molecule has 20 heavy (non-hydrogen) atoms. The summed E-state index contributed by atoms with van der Waals surface area (Å²) in [5.41, 5.74) is -0.478. The Morgan fingerprint density at radius 2 is 2.00 bits per heavy atom. The van der Waals surface area contributed by atoms with Gasteiger partial charge < -0.3 is 14.8 Å². The first-order valence-corrected chi connectivity index (χ1v) is 5.68. The lowest BCUT2D eigenvalue weighted by atomic mass is 10.0. The third-order valence-electron chi connectivity index (χ3n) is 2.99. The number of carbonyl (C=O) groups excluding carboxylic acids is 1. The molecule has 1 aliphatic carbocycles. The van der Waals surface area contributed by atoms with E-state index in [2.05, 4.69) is 14.8 Å². The number of alkyl carbamates (subject to hydrolysis) is 1. The number of hydrogen-bond acceptors (Lipinski definition) is 3. The van der Waals surface area contributed by atoms with Gasteiger partial charge in [0.1, 0.15) is 0 Å². The second kappa shape index (κ2) is 4.84. The summed E-state index contributed by atoms with van der Waals surface area (Å²) in [6.07, 6.45) is -4.63. The fourth-order valence-corrected chi connectivity index (χ4v) is 1.86. The third kappa shape index (κ3) is 3.12. The molecule has 0 unspecified atom stereocenters. The minimum Gasteiger partial charge on any atom is -0.453 e. The minimum atomic E-state index is -4.98. The second-order valence-electron chi connectivity index (χ2n) is 4.39. The Kier molecular flexibility index (Phi) is 3.49. The molecule has 2 rings (SSSR count). The van der Waals surface area contributed by atoms with Crippen molar-refractivity contribution < 1.29 is 31.8 Å². The predicted octanol–water partition coefficient (Wildman–Crippen LogP) is 3.07. The van der Waals surface area contributed by atoms with Crippen molar-refractivity contribution >= 4 is 6.09 Å². The van der Waals surface area contributed by atoms with Crippen molar-refractivity contribution in [3.63, 3.8) is 0 Å². The highest BCUT2D eigenvalue weighted by atomic mass is 19.4. The van der Waals surface area contributed by atoms with E-state index in [1.54, 1.807) is 0 Å². The first-order chi connectivity index (χ1) is 9.26. The number of alkyl halides is 3. The molecule has 1 aromatic rings. The van der Waals surface area contributed by atoms with E-state index in [4.69, 9.17) is 0 Å². The lowest BCUT2D eigenvalue weighted by Gasteiger charge is -2.18. The molecule has 1 aromatic carbocycles. The van der Waals surface area contributed by atoms with E-state index < -0.39 is 29.6 Å². The van der Waals surface area contributed by atoms with Crippen LogP contribution >= 0.6 is 0 Å². The molecular weight excluding hydrogens is 282 g/mol. The van der Waals surface area contributed by atoms with Gasteiger partial charge in [-0.3, -0.25) is 0 Å². The number of amides is 1. The van der Waals surface area contributed by atoms with E-state index in [9.17, 15) is 22.4 Å². The molecule has 0 heterocycles. The van der Waals surface area contributed by atoms with E-state index in [0.717, 1.165) is 12.1 Å². The average molecular weight is 293 g/mol. The summed E-state index contributed by atoms with van der Waals surface area (Å²) in [5, 5.41) is 2.52. The van der Waals surface area contributed by atoms with Gasteiger partial charge in [-0.15, -0.1) is 13.2 Å². The van der Waals surface area contributed by atoms with Gasteiger partial charge >= 0.3 is 12.5 Å². The topological polar surface area (TPSA) is 47.6 Å². The maximum absolute atomic E-state index is 13.3. The van der Waals surface area contributed by atoms with Crippen molar-refractivity contribution in [1.29, 1.82) is 0 Å². The molecule has 0 spiro atoms. The number of methoxy groups -OCH3 is 1. The van der Waals surface area contributed by atoms with Crippen molar-refractivity contribution in [3.8, 4) is 5.75 Å². The van der Waals surface area contributed by atoms with E-state index in [0.29, 0.717) is 18.4 Å². The van der Waals surface area contributed by atoms with Gasteiger partial charge in [-0.25, -0.2) is 9.18 Å². The van der Waals surface area contributed by atoms with Crippen LogP contribution < -0.4 is 10.1 Å². The lowest BCUT2D eigenvalue weighted by molar-refractivity contribution is -0.275. The van der Waals surface area contributed by atoms with Gasteiger partial charge in [-0.05, 0) is 30.5 Å². The SMILES string of the molecule is COC(=O)NC1(c2ccc(F)c(OC(F)(F)F)c2)CC1. The van der Waals surface area contributed by atoms with Gasteiger partial charge in [-0.2, -0.15) is 0 Å². The van der Waals surface area contributed by atoms with Gasteiger partial charge in [0.05, 0.1) is 12.6 Å². The molecule has 0 saturated heterocycles. The average Bonchev–Trinajstić information content (AvgIpc) is 3.11. The Hall–Kier alpha value is -1.99. The Bertz CT molecular complexity index is 526. The number of benzene rings is 1. The molecule has 8 heteroatoms. The molecular formula is C12H11F4NO3. The molecule has 0 radical (unpaired) electrons. The van der Waals surface area contributed by atoms with Gasteiger partial charge in [0, 0.05) is 0 Å². The summed E-state index contributed by atoms with van der Waals surface area (Å²) in [6.45, 7) is 0. The predicted molar refractivity (Wildman–Crippen MR) is 59.5 cm³/mol. The summed E-state index contributed by atoms with van der Waals surface area (Å²) < 4.78 is 57.8. The third-order valence-corrected chi connectivity index (χ3v) is 2.99. The standard InChI is InChI=1S/C12H11F4NO3/c1-19-10(18)17-11(4-5-11)7-2-3-8(13)9(6-7)20-12(14,15)16/h2-3,6H,4-5H2,1H3,(H,17,18). The Balaban J connectivity index is 2.25. The molecule has 0 aliphatic heterocycles. The van der Waals surface area contributed by atoms with Crippen molar-refractivity contribution in [3.05, 3.63) is 29.6 Å². The summed E-state index contributed by atoms with van der Waals surface area (Å²) in [7, 11) is 1.17. The zero-order valence-electron chi connectivity index (χ0n) is 10.4. The van der Waals surface area contributed by atoms with Crippen LogP contribution in [0.4, 0.5) is 22.4 Å². The molecule has 1 N–H and O–H groups in total. The van der Waals surface area contributed by atoms with Crippen LogP contribution in [0.5, 0.6) is 5.75 Å². The van der Waals surface area contributed by atoms with Crippen LogP contribution in [0, 0.1) is 5.82 Å². The van der Waals surface area contributed by atoms with E-state index in [1.807, 2.05) is 0 Å². The lowest BCUT2D eigenvalue weighted by Crippen LogP contribution is -2.34. The number of rotatable bonds is 3. The van der Waals surface area contributed by atoms with E-state index >= 15 is 0 Å². The molecule has 1 aliphatic rings. The number of halogens is 4. The van der Waals surface area contributed by atoms with Crippen LogP contribution in [-0.2, 0) is 10.3 Å². The van der Waals surface area contributed by atoms with Crippen LogP contribution in [-0.4, -0.2) is 19.6 Å². The fraction of sp³-hybridized carbons (Fsp3) is 0.417. The molecule has 0 aromatic heterocycles. The number of hydrogen-bond donors (Lipinski definition) is 1. The monoisotopic (exact) mass is 293 g/mol. The fourth-order valence-electron chi connectivity index (χ4n) is 1.86. The van der Waals surface area contributed by atoms with Crippen LogP contribution in [0.15, 0.2) is 18.2 Å². The maximum Gasteiger partial charge on any atom is 0.573 e. The first kappa shape index (κ1) is 14.4. The van der Waals surface area contributed by atoms with Crippen molar-refractivity contribution in [2.75, 3.05) is 7.11 Å². The Morgan fingerprint density at radius 3 is 2.50 bits per heavy atom. The first-order valence-electron chi connectivity index (χ1n) is 5.68. The molecule has 110 valence electrons. The Labute approximate surface area is 111 Å². The summed E-state index contributed by atoms with van der Waals surface area (Å²) in [6, 6.07) is 3.11. The minimum absolute atomic E-state index is 0.337. The van der Waals surface area contributed by atoms with Crippen molar-refractivity contribution in [2.45, 2.75) is 24.7 Å². The van der Waals surface area contributed by atoms with Crippen molar-refractivity contribution in [2.24, 2.45) is 0 Å². The summed E-state index contributed by atoms with van der Waals surface area (Å²) >= 11 is 0. The molecule has 1 amide bonds. The van der Waals surface area contributed by atoms with Crippen LogP contribution in [0.1, 0.15) is 18.4 Å². The normalized spacial score (nSPS) is 16.4. The smallest absolute Gasteiger partial charge is 0.453 e. The van der Waals surface area contributed by atoms with E-state index in [1.165, 1.54) is 13.2 Å². The van der Waals surface area contributed by atoms with Gasteiger partial charge in [0.2, 0.25) is 0 Å². The van der Waals surface area contributed by atoms with Gasteiger partial charge in [-0.1, -0.05) is 6.07 Å². The molecule has 4 nitrogen and oxygen atoms in total. The highest BCUT2D eigenvalue weighted by molar-refractivity contribution is 5.69. The molecule has 0 bridgehead atoms. The van der Waals surface area contributed by atoms with E-state index in [-0.39, 0.29) is 0 Å². The second-order valence-corrected chi connectivity index (χ2v) is 4.39. The number of ether oxygens (including phenoxy) is 2. The quantitative estimate of drug-likeness (QED) is 0.871. The van der Waals surface area contributed by atoms with Crippen LogP contribution in [0.3, 0.4) is 0 Å². The van der Waals surface area contributed by atoms with Crippen LogP contribution in [0.2, 0.25) is 0 Å². The number of carbonyl (C=O) groups is 1. The maximum atomic E-state index is 13.3. The van der Waals surface area contributed by atoms with Crippen LogP contribution in [0.25, 0.3) is 0 Å². The molecule has 1 saturated carbocycles. The highest BCUT2D eigenvalue weighted by Crippen LogP contribution is 2.46. The largest absolute Gasteiger partial charge is 0.573 e. The Morgan fingerprint density at radius 1 is 1.35 bits per heavy atom. The summed E-state index contributed by atoms with van der Waals surface area (Å²) in [5.74, 6) is -2.05. The molecule has 0 atom stereocenters. The zero-order valence-corrected chi connectivity index (χ0v) is 10.4. The van der Waals surface area contributed by atoms with Gasteiger partial charge in [0.15, 0.2) is 11.6 Å². The zero-order chi connectivity index (χ0) is 15.0. The summed E-state index contributed by atoms with van der Waals surface area (Å²) in [4.78, 5) is 11.2. The number of nitrogens with one attached hydrogen (secondary N) is 1. The van der Waals surface area contributed by atoms with Crippen molar-refractivity contribution in [1.82, 2.24) is 5.32 Å². The van der Waals surface area contributed by atoms with Gasteiger partial charge in [0.25, 0.3) is 0 Å². The highest BCUT2D eigenvalue weighted by Gasteiger charge is 2.46.